The van der Waals surface area contributed by atoms with E-state index in [2.05, 4.69) is 112 Å². The molecule has 0 N–H and O–H groups in total. The van der Waals surface area contributed by atoms with E-state index in [0.29, 0.717) is 19.3 Å². The number of ether oxygens (including phenoxy) is 3. The lowest BCUT2D eigenvalue weighted by atomic mass is 10.0. The summed E-state index contributed by atoms with van der Waals surface area (Å²) in [5, 5.41) is 0. The molecule has 0 aliphatic rings. The Hall–Kier alpha value is -3.67. The standard InChI is InChI=1S/C73H126O6/c1-4-7-10-13-16-19-22-25-28-31-34-35-36-37-40-42-45-48-51-54-57-60-63-66-72(75)78-69-70(79-73(76)67-64-61-58-55-52-49-46-43-39-33-30-27-24-21-18-15-12-9-6-3)68-77-71(74)65-62-59-56-53-50-47-44-41-38-32-29-26-23-20-17-14-11-8-5-2/h9,12,17-18,20-21,26-27,29-30,39,43,49,52,58,61,70H,4-8,10-11,13-16,19,22-25,28,31-38,40-42,44-48,50-51,53-57,59-60,62-69H2,1-3H3/b12-9-,20-17-,21-18-,29-26-,30-27-,43-39-,52-49-,61-58-. The van der Waals surface area contributed by atoms with Gasteiger partial charge in [-0.3, -0.25) is 14.4 Å². The SMILES string of the molecule is CC/C=C\C/C=C\C/C=C\C/C=C\C/C=C\C/C=C\CCC(=O)OC(COC(=O)CCCCCCCCCCC/C=C\C/C=C\CCCCC)COC(=O)CCCCCCCCCCCCCCCCCCCCCCCCC. The van der Waals surface area contributed by atoms with E-state index in [1.165, 1.54) is 199 Å². The number of allylic oxidation sites excluding steroid dienone is 16. The average molecular weight is 1100 g/mol. The molecule has 0 aliphatic carbocycles. The van der Waals surface area contributed by atoms with Gasteiger partial charge in [0.05, 0.1) is 0 Å². The van der Waals surface area contributed by atoms with Crippen LogP contribution in [0.1, 0.15) is 329 Å². The molecule has 454 valence electrons. The van der Waals surface area contributed by atoms with Gasteiger partial charge in [-0.2, -0.15) is 0 Å². The predicted octanol–water partition coefficient (Wildman–Crippen LogP) is 23.2. The fourth-order valence-corrected chi connectivity index (χ4v) is 9.56. The van der Waals surface area contributed by atoms with Crippen molar-refractivity contribution in [3.63, 3.8) is 0 Å². The summed E-state index contributed by atoms with van der Waals surface area (Å²) in [5.41, 5.74) is 0. The van der Waals surface area contributed by atoms with Gasteiger partial charge in [0.25, 0.3) is 0 Å². The van der Waals surface area contributed by atoms with Crippen LogP contribution in [0.2, 0.25) is 0 Å². The van der Waals surface area contributed by atoms with Crippen LogP contribution >= 0.6 is 0 Å². The fraction of sp³-hybridized carbons (Fsp3) is 0.740. The van der Waals surface area contributed by atoms with E-state index in [1.54, 1.807) is 0 Å². The molecule has 6 nitrogen and oxygen atoms in total. The van der Waals surface area contributed by atoms with Crippen LogP contribution in [0.4, 0.5) is 0 Å². The topological polar surface area (TPSA) is 78.9 Å². The Morgan fingerprint density at radius 1 is 0.266 bits per heavy atom. The van der Waals surface area contributed by atoms with Gasteiger partial charge in [-0.1, -0.05) is 317 Å². The first kappa shape index (κ1) is 75.3. The quantitative estimate of drug-likeness (QED) is 0.0261. The molecule has 0 aliphatic heterocycles. The number of rotatable bonds is 61. The molecule has 0 spiro atoms. The summed E-state index contributed by atoms with van der Waals surface area (Å²) >= 11 is 0. The minimum Gasteiger partial charge on any atom is -0.462 e. The van der Waals surface area contributed by atoms with Crippen LogP contribution in [-0.4, -0.2) is 37.2 Å². The van der Waals surface area contributed by atoms with Crippen molar-refractivity contribution in [1.29, 1.82) is 0 Å². The van der Waals surface area contributed by atoms with Crippen LogP contribution in [-0.2, 0) is 28.6 Å². The van der Waals surface area contributed by atoms with E-state index in [4.69, 9.17) is 14.2 Å². The van der Waals surface area contributed by atoms with E-state index in [-0.39, 0.29) is 37.5 Å². The highest BCUT2D eigenvalue weighted by atomic mass is 16.6. The summed E-state index contributed by atoms with van der Waals surface area (Å²) in [7, 11) is 0. The third kappa shape index (κ3) is 65.0. The number of carbonyl (C=O) groups excluding carboxylic acids is 3. The first-order valence-electron chi connectivity index (χ1n) is 33.7. The Bertz CT molecular complexity index is 1540. The van der Waals surface area contributed by atoms with Gasteiger partial charge < -0.3 is 14.2 Å². The van der Waals surface area contributed by atoms with Crippen LogP contribution in [0.3, 0.4) is 0 Å². The minimum absolute atomic E-state index is 0.106. The number of hydrogen-bond donors (Lipinski definition) is 0. The molecular formula is C73H126O6. The Labute approximate surface area is 489 Å². The lowest BCUT2D eigenvalue weighted by molar-refractivity contribution is -0.166. The molecule has 0 radical (unpaired) electrons. The second-order valence-electron chi connectivity index (χ2n) is 22.4. The van der Waals surface area contributed by atoms with E-state index in [0.717, 1.165) is 83.5 Å². The van der Waals surface area contributed by atoms with Gasteiger partial charge in [-0.25, -0.2) is 0 Å². The first-order chi connectivity index (χ1) is 39.0. The summed E-state index contributed by atoms with van der Waals surface area (Å²) in [6.07, 6.45) is 90.1. The minimum atomic E-state index is -0.821. The van der Waals surface area contributed by atoms with Crippen molar-refractivity contribution < 1.29 is 28.6 Å². The third-order valence-corrected chi connectivity index (χ3v) is 14.6. The van der Waals surface area contributed by atoms with Crippen molar-refractivity contribution in [2.75, 3.05) is 13.2 Å². The third-order valence-electron chi connectivity index (χ3n) is 14.6. The number of carbonyl (C=O) groups is 3. The lowest BCUT2D eigenvalue weighted by Gasteiger charge is -2.18. The monoisotopic (exact) mass is 1100 g/mol. The largest absolute Gasteiger partial charge is 0.462 e. The summed E-state index contributed by atoms with van der Waals surface area (Å²) in [6, 6.07) is 0. The van der Waals surface area contributed by atoms with Crippen LogP contribution in [0.25, 0.3) is 0 Å². The highest BCUT2D eigenvalue weighted by Crippen LogP contribution is 2.17. The molecule has 0 heterocycles. The molecule has 0 saturated heterocycles. The fourth-order valence-electron chi connectivity index (χ4n) is 9.56. The van der Waals surface area contributed by atoms with Gasteiger partial charge in [0, 0.05) is 19.3 Å². The van der Waals surface area contributed by atoms with Gasteiger partial charge in [0.15, 0.2) is 6.10 Å². The van der Waals surface area contributed by atoms with Crippen molar-refractivity contribution in [3.8, 4) is 0 Å². The Kier molecular flexibility index (Phi) is 63.7. The molecule has 0 rings (SSSR count). The van der Waals surface area contributed by atoms with Crippen LogP contribution in [0, 0.1) is 0 Å². The van der Waals surface area contributed by atoms with Crippen molar-refractivity contribution in [2.24, 2.45) is 0 Å². The first-order valence-corrected chi connectivity index (χ1v) is 33.7. The van der Waals surface area contributed by atoms with Gasteiger partial charge >= 0.3 is 17.9 Å². The molecule has 0 aromatic carbocycles. The van der Waals surface area contributed by atoms with Crippen molar-refractivity contribution in [3.05, 3.63) is 97.2 Å². The average Bonchev–Trinajstić information content (AvgIpc) is 3.45. The highest BCUT2D eigenvalue weighted by molar-refractivity contribution is 5.71. The summed E-state index contributed by atoms with van der Waals surface area (Å²) in [4.78, 5) is 38.4. The van der Waals surface area contributed by atoms with Gasteiger partial charge in [0.2, 0.25) is 0 Å². The van der Waals surface area contributed by atoms with Gasteiger partial charge in [-0.05, 0) is 89.9 Å². The van der Waals surface area contributed by atoms with Crippen molar-refractivity contribution in [1.82, 2.24) is 0 Å². The molecule has 1 atom stereocenters. The van der Waals surface area contributed by atoms with Crippen molar-refractivity contribution >= 4 is 17.9 Å². The Balaban J connectivity index is 4.43. The summed E-state index contributed by atoms with van der Waals surface area (Å²) < 4.78 is 16.9. The molecule has 0 aromatic heterocycles. The molecule has 6 heteroatoms. The van der Waals surface area contributed by atoms with E-state index >= 15 is 0 Å². The zero-order chi connectivity index (χ0) is 57.1. The molecule has 1 unspecified atom stereocenters. The van der Waals surface area contributed by atoms with E-state index in [1.807, 2.05) is 6.08 Å². The molecular weight excluding hydrogens is 973 g/mol. The van der Waals surface area contributed by atoms with Crippen LogP contribution in [0.15, 0.2) is 97.2 Å². The molecule has 0 aromatic rings. The Morgan fingerprint density at radius 2 is 0.519 bits per heavy atom. The smallest absolute Gasteiger partial charge is 0.306 e. The summed E-state index contributed by atoms with van der Waals surface area (Å²) in [6.45, 7) is 6.48. The summed E-state index contributed by atoms with van der Waals surface area (Å²) in [5.74, 6) is -0.981. The van der Waals surface area contributed by atoms with Crippen LogP contribution in [0.5, 0.6) is 0 Å². The second-order valence-corrected chi connectivity index (χ2v) is 22.4. The molecule has 0 fully saturated rings. The van der Waals surface area contributed by atoms with Crippen LogP contribution < -0.4 is 0 Å². The van der Waals surface area contributed by atoms with Gasteiger partial charge in [0.1, 0.15) is 13.2 Å². The normalized spacial score (nSPS) is 12.7. The highest BCUT2D eigenvalue weighted by Gasteiger charge is 2.19. The lowest BCUT2D eigenvalue weighted by Crippen LogP contribution is -2.30. The Morgan fingerprint density at radius 3 is 0.848 bits per heavy atom. The molecule has 79 heavy (non-hydrogen) atoms. The predicted molar refractivity (Wildman–Crippen MR) is 344 cm³/mol. The number of esters is 3. The van der Waals surface area contributed by atoms with Crippen molar-refractivity contribution in [2.45, 2.75) is 335 Å². The maximum absolute atomic E-state index is 12.9. The zero-order valence-corrected chi connectivity index (χ0v) is 52.1. The van der Waals surface area contributed by atoms with Gasteiger partial charge in [-0.15, -0.1) is 0 Å². The van der Waals surface area contributed by atoms with E-state index in [9.17, 15) is 14.4 Å². The number of hydrogen-bond acceptors (Lipinski definition) is 6. The second kappa shape index (κ2) is 66.8. The molecule has 0 saturated carbocycles. The molecule has 0 bridgehead atoms. The van der Waals surface area contributed by atoms with E-state index < -0.39 is 6.10 Å². The maximum atomic E-state index is 12.9. The maximum Gasteiger partial charge on any atom is 0.306 e. The molecule has 0 amide bonds. The number of unbranched alkanes of at least 4 members (excludes halogenated alkanes) is 34. The zero-order valence-electron chi connectivity index (χ0n) is 52.1.